The summed E-state index contributed by atoms with van der Waals surface area (Å²) >= 11 is 1.19. The molecule has 1 heterocycles. The molecule has 0 saturated carbocycles. The highest BCUT2D eigenvalue weighted by Gasteiger charge is 2.31. The largest absolute Gasteiger partial charge is 0.495 e. The monoisotopic (exact) mass is 422 g/mol. The van der Waals surface area contributed by atoms with E-state index >= 15 is 0 Å². The maximum absolute atomic E-state index is 12.9. The Morgan fingerprint density at radius 3 is 2.48 bits per heavy atom. The first-order chi connectivity index (χ1) is 13.8. The van der Waals surface area contributed by atoms with Crippen LogP contribution in [0.15, 0.2) is 48.5 Å². The number of urea groups is 1. The maximum atomic E-state index is 12.9. The lowest BCUT2D eigenvalue weighted by molar-refractivity contribution is -0.137. The molecule has 2 amide bonds. The molecule has 0 radical (unpaired) electrons. The molecule has 0 spiro atoms. The number of carbonyl (C=O) groups excluding carboxylic acids is 1. The minimum Gasteiger partial charge on any atom is -0.495 e. The van der Waals surface area contributed by atoms with Crippen LogP contribution in [0.2, 0.25) is 0 Å². The summed E-state index contributed by atoms with van der Waals surface area (Å²) in [5.74, 6) is 0.0830. The molecular weight excluding hydrogens is 405 g/mol. The van der Waals surface area contributed by atoms with E-state index in [0.29, 0.717) is 5.01 Å². The zero-order valence-electron chi connectivity index (χ0n) is 15.4. The summed E-state index contributed by atoms with van der Waals surface area (Å²) in [5, 5.41) is 13.8. The number of nitrogens with one attached hydrogen (secondary N) is 2. The molecular formula is C19H17F3N4O2S. The van der Waals surface area contributed by atoms with Crippen LogP contribution in [0.25, 0.3) is 0 Å². The van der Waals surface area contributed by atoms with Crippen molar-refractivity contribution in [2.24, 2.45) is 0 Å². The van der Waals surface area contributed by atoms with Crippen LogP contribution >= 0.6 is 11.3 Å². The Morgan fingerprint density at radius 2 is 1.83 bits per heavy atom. The first-order valence-electron chi connectivity index (χ1n) is 8.49. The number of aromatic nitrogens is 2. The molecule has 10 heteroatoms. The van der Waals surface area contributed by atoms with Crippen LogP contribution in [0.3, 0.4) is 0 Å². The molecule has 1 aromatic heterocycles. The van der Waals surface area contributed by atoms with E-state index < -0.39 is 17.8 Å². The number of nitrogens with zero attached hydrogens (tertiary/aromatic N) is 2. The van der Waals surface area contributed by atoms with E-state index in [1.165, 1.54) is 18.4 Å². The Hall–Kier alpha value is -3.14. The molecule has 3 aromatic rings. The number of alkyl halides is 3. The minimum absolute atomic E-state index is 0.0177. The van der Waals surface area contributed by atoms with Crippen molar-refractivity contribution in [3.8, 4) is 5.75 Å². The van der Waals surface area contributed by atoms with Gasteiger partial charge in [0, 0.05) is 5.92 Å². The fraction of sp³-hybridized carbons (Fsp3) is 0.211. The Kier molecular flexibility index (Phi) is 6.02. The molecule has 1 unspecified atom stereocenters. The van der Waals surface area contributed by atoms with Gasteiger partial charge >= 0.3 is 12.2 Å². The van der Waals surface area contributed by atoms with Crippen molar-refractivity contribution < 1.29 is 22.7 Å². The lowest BCUT2D eigenvalue weighted by atomic mass is 10.0. The summed E-state index contributed by atoms with van der Waals surface area (Å²) < 4.78 is 43.8. The van der Waals surface area contributed by atoms with Crippen molar-refractivity contribution >= 4 is 28.2 Å². The highest BCUT2D eigenvalue weighted by atomic mass is 32.1. The molecule has 0 aliphatic carbocycles. The van der Waals surface area contributed by atoms with E-state index in [-0.39, 0.29) is 22.5 Å². The number of anilines is 2. The van der Waals surface area contributed by atoms with Crippen molar-refractivity contribution in [1.82, 2.24) is 10.2 Å². The summed E-state index contributed by atoms with van der Waals surface area (Å²) in [6.07, 6.45) is -4.54. The van der Waals surface area contributed by atoms with Crippen LogP contribution in [0, 0.1) is 0 Å². The van der Waals surface area contributed by atoms with Crippen molar-refractivity contribution in [1.29, 1.82) is 0 Å². The number of benzene rings is 2. The molecule has 29 heavy (non-hydrogen) atoms. The zero-order valence-corrected chi connectivity index (χ0v) is 16.3. The summed E-state index contributed by atoms with van der Waals surface area (Å²) in [6.45, 7) is 1.97. The molecule has 6 nitrogen and oxygen atoms in total. The Balaban J connectivity index is 1.71. The molecule has 152 valence electrons. The van der Waals surface area contributed by atoms with Gasteiger partial charge < -0.3 is 10.1 Å². The lowest BCUT2D eigenvalue weighted by Crippen LogP contribution is -2.20. The summed E-state index contributed by atoms with van der Waals surface area (Å²) in [7, 11) is 1.30. The van der Waals surface area contributed by atoms with E-state index in [1.54, 1.807) is 0 Å². The van der Waals surface area contributed by atoms with Crippen LogP contribution in [0.1, 0.15) is 29.0 Å². The Labute approximate surface area is 168 Å². The fourth-order valence-corrected chi connectivity index (χ4v) is 3.40. The molecule has 1 atom stereocenters. The topological polar surface area (TPSA) is 76.1 Å². The van der Waals surface area contributed by atoms with Crippen molar-refractivity contribution in [3.05, 3.63) is 64.7 Å². The molecule has 0 fully saturated rings. The maximum Gasteiger partial charge on any atom is 0.416 e. The average molecular weight is 422 g/mol. The second-order valence-electron chi connectivity index (χ2n) is 6.07. The molecule has 0 saturated heterocycles. The van der Waals surface area contributed by atoms with Crippen LogP contribution in [0.5, 0.6) is 5.75 Å². The first kappa shape index (κ1) is 20.6. The summed E-state index contributed by atoms with van der Waals surface area (Å²) in [5.41, 5.74) is 0.0408. The van der Waals surface area contributed by atoms with Crippen molar-refractivity contribution in [2.75, 3.05) is 17.7 Å². The van der Waals surface area contributed by atoms with E-state index in [0.717, 1.165) is 23.8 Å². The van der Waals surface area contributed by atoms with Gasteiger partial charge in [-0.1, -0.05) is 48.6 Å². The van der Waals surface area contributed by atoms with E-state index in [4.69, 9.17) is 4.74 Å². The van der Waals surface area contributed by atoms with Crippen LogP contribution in [-0.2, 0) is 6.18 Å². The Bertz CT molecular complexity index is 993. The number of methoxy groups -OCH3 is 1. The number of ether oxygens (including phenoxy) is 1. The molecule has 0 aliphatic heterocycles. The van der Waals surface area contributed by atoms with Crippen LogP contribution < -0.4 is 15.4 Å². The number of amides is 2. The highest BCUT2D eigenvalue weighted by molar-refractivity contribution is 7.15. The number of rotatable bonds is 5. The second kappa shape index (κ2) is 8.48. The van der Waals surface area contributed by atoms with Gasteiger partial charge in [0.1, 0.15) is 10.8 Å². The van der Waals surface area contributed by atoms with Crippen molar-refractivity contribution in [3.63, 3.8) is 0 Å². The SMILES string of the molecule is COc1ccc(C(F)(F)F)cc1NC(=O)Nc1nnc(C(C)c2ccccc2)s1. The third kappa shape index (κ3) is 5.02. The third-order valence-electron chi connectivity index (χ3n) is 4.11. The van der Waals surface area contributed by atoms with Gasteiger partial charge in [0.25, 0.3) is 0 Å². The lowest BCUT2D eigenvalue weighted by Gasteiger charge is -2.13. The van der Waals surface area contributed by atoms with Gasteiger partial charge in [-0.25, -0.2) is 4.79 Å². The van der Waals surface area contributed by atoms with E-state index in [1.807, 2.05) is 37.3 Å². The first-order valence-corrected chi connectivity index (χ1v) is 9.31. The minimum atomic E-state index is -4.54. The quantitative estimate of drug-likeness (QED) is 0.580. The van der Waals surface area contributed by atoms with Gasteiger partial charge in [-0.05, 0) is 23.8 Å². The Morgan fingerprint density at radius 1 is 1.10 bits per heavy atom. The predicted octanol–water partition coefficient (Wildman–Crippen LogP) is 5.36. The number of hydrogen-bond donors (Lipinski definition) is 2. The highest BCUT2D eigenvalue weighted by Crippen LogP contribution is 2.35. The predicted molar refractivity (Wildman–Crippen MR) is 105 cm³/mol. The molecule has 3 rings (SSSR count). The molecule has 2 aromatic carbocycles. The van der Waals surface area contributed by atoms with Gasteiger partial charge in [0.15, 0.2) is 0 Å². The zero-order chi connectivity index (χ0) is 21.0. The number of halogens is 3. The van der Waals surface area contributed by atoms with Gasteiger partial charge in [-0.2, -0.15) is 13.2 Å². The van der Waals surface area contributed by atoms with Crippen LogP contribution in [-0.4, -0.2) is 23.3 Å². The molecule has 0 bridgehead atoms. The standard InChI is InChI=1S/C19H17F3N4O2S/c1-11(12-6-4-3-5-7-12)16-25-26-18(29-16)24-17(27)23-14-10-13(19(20,21)22)8-9-15(14)28-2/h3-11H,1-2H3,(H2,23,24,26,27). The van der Waals surface area contributed by atoms with Gasteiger partial charge in [-0.3, -0.25) is 5.32 Å². The number of hydrogen-bond acceptors (Lipinski definition) is 5. The normalized spacial score (nSPS) is 12.3. The van der Waals surface area contributed by atoms with Gasteiger partial charge in [-0.15, -0.1) is 10.2 Å². The molecule has 2 N–H and O–H groups in total. The molecule has 0 aliphatic rings. The van der Waals surface area contributed by atoms with E-state index in [2.05, 4.69) is 20.8 Å². The van der Waals surface area contributed by atoms with Gasteiger partial charge in [0.05, 0.1) is 18.4 Å². The van der Waals surface area contributed by atoms with Gasteiger partial charge in [0.2, 0.25) is 5.13 Å². The summed E-state index contributed by atoms with van der Waals surface area (Å²) in [4.78, 5) is 12.2. The second-order valence-corrected chi connectivity index (χ2v) is 7.08. The number of carbonyl (C=O) groups is 1. The summed E-state index contributed by atoms with van der Waals surface area (Å²) in [6, 6.07) is 11.8. The smallest absolute Gasteiger partial charge is 0.416 e. The van der Waals surface area contributed by atoms with E-state index in [9.17, 15) is 18.0 Å². The average Bonchev–Trinajstić information content (AvgIpc) is 3.15. The third-order valence-corrected chi connectivity index (χ3v) is 5.13. The van der Waals surface area contributed by atoms with Crippen molar-refractivity contribution in [2.45, 2.75) is 19.0 Å². The fourth-order valence-electron chi connectivity index (χ4n) is 2.58. The van der Waals surface area contributed by atoms with Crippen LogP contribution in [0.4, 0.5) is 28.8 Å².